The van der Waals surface area contributed by atoms with E-state index in [1.54, 1.807) is 18.2 Å². The van der Waals surface area contributed by atoms with Gasteiger partial charge in [-0.15, -0.1) is 0 Å². The molecule has 13 heavy (non-hydrogen) atoms. The van der Waals surface area contributed by atoms with E-state index in [4.69, 9.17) is 22.1 Å². The number of halogens is 2. The summed E-state index contributed by atoms with van der Waals surface area (Å²) in [5.41, 5.74) is 6.10. The van der Waals surface area contributed by atoms with Crippen LogP contribution in [0.1, 0.15) is 6.42 Å². The largest absolute Gasteiger partial charge is 0.492 e. The summed E-state index contributed by atoms with van der Waals surface area (Å²) in [7, 11) is 0. The lowest BCUT2D eigenvalue weighted by atomic mass is 10.3. The van der Waals surface area contributed by atoms with Crippen LogP contribution in [-0.4, -0.2) is 13.3 Å². The first-order chi connectivity index (χ1) is 6.24. The molecule has 4 heteroatoms. The summed E-state index contributed by atoms with van der Waals surface area (Å²) in [5, 5.41) is 0.494. The summed E-state index contributed by atoms with van der Waals surface area (Å²) in [6, 6.07) is 4.96. The van der Waals surface area contributed by atoms with Crippen molar-refractivity contribution in [1.29, 1.82) is 0 Å². The highest BCUT2D eigenvalue weighted by Crippen LogP contribution is 2.26. The Morgan fingerprint density at radius 3 is 2.92 bits per heavy atom. The van der Waals surface area contributed by atoms with Gasteiger partial charge in [0.05, 0.1) is 18.3 Å². The zero-order chi connectivity index (χ0) is 9.68. The molecule has 0 spiro atoms. The molecular weight excluding hydrogens is 193 g/mol. The fraction of sp³-hybridized carbons (Fsp3) is 0.333. The van der Waals surface area contributed by atoms with Crippen molar-refractivity contribution in [3.05, 3.63) is 23.2 Å². The van der Waals surface area contributed by atoms with Crippen LogP contribution in [0.5, 0.6) is 5.75 Å². The summed E-state index contributed by atoms with van der Waals surface area (Å²) in [6.07, 6.45) is 0.366. The molecule has 0 saturated heterocycles. The maximum atomic E-state index is 11.7. The molecule has 0 radical (unpaired) electrons. The van der Waals surface area contributed by atoms with Gasteiger partial charge in [-0.3, -0.25) is 4.39 Å². The molecule has 1 rings (SSSR count). The third kappa shape index (κ3) is 3.11. The highest BCUT2D eigenvalue weighted by atomic mass is 35.5. The normalized spacial score (nSPS) is 10.0. The van der Waals surface area contributed by atoms with Gasteiger partial charge >= 0.3 is 0 Å². The van der Waals surface area contributed by atoms with Crippen LogP contribution in [0.25, 0.3) is 0 Å². The minimum atomic E-state index is -0.389. The summed E-state index contributed by atoms with van der Waals surface area (Å²) in [5.74, 6) is 0.509. The second-order valence-electron chi connectivity index (χ2n) is 2.58. The second kappa shape index (κ2) is 4.92. The van der Waals surface area contributed by atoms with Crippen molar-refractivity contribution in [2.45, 2.75) is 6.42 Å². The Bertz CT molecular complexity index is 280. The Hall–Kier alpha value is -0.960. The fourth-order valence-corrected chi connectivity index (χ4v) is 1.04. The number of benzene rings is 1. The fourth-order valence-electron chi connectivity index (χ4n) is 0.867. The van der Waals surface area contributed by atoms with E-state index < -0.39 is 0 Å². The predicted octanol–water partition coefficient (Wildman–Crippen LogP) is 2.66. The molecule has 0 amide bonds. The minimum Gasteiger partial charge on any atom is -0.492 e. The van der Waals surface area contributed by atoms with Crippen molar-refractivity contribution < 1.29 is 9.13 Å². The van der Waals surface area contributed by atoms with Crippen LogP contribution in [0.4, 0.5) is 10.1 Å². The number of hydrogen-bond acceptors (Lipinski definition) is 2. The number of ether oxygens (including phenoxy) is 1. The topological polar surface area (TPSA) is 35.2 Å². The summed E-state index contributed by atoms with van der Waals surface area (Å²) in [4.78, 5) is 0. The number of anilines is 1. The number of rotatable bonds is 4. The summed E-state index contributed by atoms with van der Waals surface area (Å²) < 4.78 is 16.9. The molecule has 1 aromatic carbocycles. The average molecular weight is 204 g/mol. The molecule has 0 unspecified atom stereocenters. The van der Waals surface area contributed by atoms with E-state index in [2.05, 4.69) is 0 Å². The lowest BCUT2D eigenvalue weighted by molar-refractivity contribution is 0.290. The lowest BCUT2D eigenvalue weighted by Crippen LogP contribution is -1.99. The molecule has 0 saturated carbocycles. The molecule has 0 bridgehead atoms. The van der Waals surface area contributed by atoms with E-state index in [9.17, 15) is 4.39 Å². The maximum absolute atomic E-state index is 11.7. The minimum absolute atomic E-state index is 0.319. The molecule has 0 heterocycles. The number of nitrogen functional groups attached to an aromatic ring is 1. The molecule has 0 aliphatic rings. The van der Waals surface area contributed by atoms with E-state index >= 15 is 0 Å². The quantitative estimate of drug-likeness (QED) is 0.603. The van der Waals surface area contributed by atoms with Crippen LogP contribution in [0.2, 0.25) is 5.02 Å². The van der Waals surface area contributed by atoms with Crippen LogP contribution in [0, 0.1) is 0 Å². The van der Waals surface area contributed by atoms with Crippen molar-refractivity contribution in [3.63, 3.8) is 0 Å². The van der Waals surface area contributed by atoms with Crippen molar-refractivity contribution in [3.8, 4) is 5.75 Å². The Kier molecular flexibility index (Phi) is 3.83. The molecule has 0 aliphatic carbocycles. The molecule has 1 aromatic rings. The zero-order valence-electron chi connectivity index (χ0n) is 7.09. The van der Waals surface area contributed by atoms with E-state index in [0.717, 1.165) is 0 Å². The van der Waals surface area contributed by atoms with Crippen LogP contribution >= 0.6 is 11.6 Å². The lowest BCUT2D eigenvalue weighted by Gasteiger charge is -2.07. The van der Waals surface area contributed by atoms with Crippen LogP contribution in [-0.2, 0) is 0 Å². The van der Waals surface area contributed by atoms with Gasteiger partial charge in [0.2, 0.25) is 0 Å². The van der Waals surface area contributed by atoms with E-state index in [-0.39, 0.29) is 6.67 Å². The van der Waals surface area contributed by atoms with Gasteiger partial charge in [-0.2, -0.15) is 0 Å². The number of nitrogens with two attached hydrogens (primary N) is 1. The summed E-state index contributed by atoms with van der Waals surface area (Å²) in [6.45, 7) is -0.0698. The third-order valence-electron chi connectivity index (χ3n) is 1.49. The molecule has 72 valence electrons. The van der Waals surface area contributed by atoms with Gasteiger partial charge in [0.15, 0.2) is 0 Å². The first-order valence-corrected chi connectivity index (χ1v) is 4.35. The van der Waals surface area contributed by atoms with Crippen molar-refractivity contribution in [2.24, 2.45) is 0 Å². The van der Waals surface area contributed by atoms with Gasteiger partial charge in [-0.05, 0) is 12.1 Å². The van der Waals surface area contributed by atoms with Gasteiger partial charge in [0.1, 0.15) is 5.75 Å². The smallest absolute Gasteiger partial charge is 0.139 e. The standard InChI is InChI=1S/C9H11ClFNO/c10-8-3-2-7(12)6-9(8)13-5-1-4-11/h2-3,6H,1,4-5,12H2. The number of alkyl halides is 1. The number of hydrogen-bond donors (Lipinski definition) is 1. The van der Waals surface area contributed by atoms with Crippen molar-refractivity contribution in [1.82, 2.24) is 0 Å². The molecule has 0 aliphatic heterocycles. The van der Waals surface area contributed by atoms with Crippen LogP contribution in [0.15, 0.2) is 18.2 Å². The van der Waals surface area contributed by atoms with E-state index in [0.29, 0.717) is 29.5 Å². The van der Waals surface area contributed by atoms with Gasteiger partial charge in [0, 0.05) is 18.2 Å². The van der Waals surface area contributed by atoms with Crippen LogP contribution in [0.3, 0.4) is 0 Å². The summed E-state index contributed by atoms with van der Waals surface area (Å²) >= 11 is 5.80. The molecule has 0 atom stereocenters. The Labute approximate surface area is 81.4 Å². The van der Waals surface area contributed by atoms with Gasteiger partial charge in [-0.25, -0.2) is 0 Å². The monoisotopic (exact) mass is 203 g/mol. The maximum Gasteiger partial charge on any atom is 0.139 e. The average Bonchev–Trinajstić information content (AvgIpc) is 2.11. The van der Waals surface area contributed by atoms with E-state index in [1.165, 1.54) is 0 Å². The zero-order valence-corrected chi connectivity index (χ0v) is 7.85. The first kappa shape index (κ1) is 10.1. The Morgan fingerprint density at radius 1 is 1.46 bits per heavy atom. The third-order valence-corrected chi connectivity index (χ3v) is 1.80. The molecule has 0 aromatic heterocycles. The first-order valence-electron chi connectivity index (χ1n) is 3.98. The van der Waals surface area contributed by atoms with Crippen molar-refractivity contribution in [2.75, 3.05) is 19.0 Å². The highest BCUT2D eigenvalue weighted by Gasteiger charge is 2.00. The Balaban J connectivity index is 2.59. The van der Waals surface area contributed by atoms with Gasteiger partial charge < -0.3 is 10.5 Å². The van der Waals surface area contributed by atoms with Gasteiger partial charge in [0.25, 0.3) is 0 Å². The molecule has 2 N–H and O–H groups in total. The van der Waals surface area contributed by atoms with E-state index in [1.807, 2.05) is 0 Å². The molecule has 0 fully saturated rings. The Morgan fingerprint density at radius 2 is 2.23 bits per heavy atom. The second-order valence-corrected chi connectivity index (χ2v) is 2.99. The SMILES string of the molecule is Nc1ccc(Cl)c(OCCCF)c1. The molecular formula is C9H11ClFNO. The van der Waals surface area contributed by atoms with Crippen molar-refractivity contribution >= 4 is 17.3 Å². The van der Waals surface area contributed by atoms with Gasteiger partial charge in [-0.1, -0.05) is 11.6 Å². The predicted molar refractivity (Wildman–Crippen MR) is 52.0 cm³/mol. The van der Waals surface area contributed by atoms with Crippen LogP contribution < -0.4 is 10.5 Å². The molecule has 2 nitrogen and oxygen atoms in total. The highest BCUT2D eigenvalue weighted by molar-refractivity contribution is 6.32.